The van der Waals surface area contributed by atoms with Crippen molar-refractivity contribution in [3.05, 3.63) is 42.5 Å². The number of nitrogens with zero attached hydrogens (tertiary/aromatic N) is 1. The summed E-state index contributed by atoms with van der Waals surface area (Å²) in [4.78, 5) is 26.4. The van der Waals surface area contributed by atoms with Gasteiger partial charge in [0.05, 0.1) is 26.9 Å². The molecule has 0 aliphatic carbocycles. The Morgan fingerprint density at radius 3 is 2.48 bits per heavy atom. The number of methoxy groups -OCH3 is 2. The van der Waals surface area contributed by atoms with Crippen LogP contribution in [0.5, 0.6) is 17.2 Å². The molecule has 1 unspecified atom stereocenters. The molecule has 8 heteroatoms. The van der Waals surface area contributed by atoms with Crippen molar-refractivity contribution < 1.29 is 23.8 Å². The zero-order chi connectivity index (χ0) is 20.8. The molecule has 2 aromatic rings. The second-order valence-corrected chi connectivity index (χ2v) is 6.50. The molecule has 1 saturated heterocycles. The summed E-state index contributed by atoms with van der Waals surface area (Å²) in [6, 6.07) is 11.8. The van der Waals surface area contributed by atoms with E-state index in [1.807, 2.05) is 31.2 Å². The molecule has 1 atom stereocenters. The summed E-state index contributed by atoms with van der Waals surface area (Å²) < 4.78 is 15.8. The Bertz CT molecular complexity index is 869. The molecule has 154 valence electrons. The first-order valence-corrected chi connectivity index (χ1v) is 9.36. The number of amides is 3. The van der Waals surface area contributed by atoms with E-state index in [1.165, 1.54) is 7.11 Å². The molecule has 0 bridgehead atoms. The van der Waals surface area contributed by atoms with Gasteiger partial charge in [0, 0.05) is 30.4 Å². The van der Waals surface area contributed by atoms with Crippen molar-refractivity contribution in [2.45, 2.75) is 19.4 Å². The highest BCUT2D eigenvalue weighted by Gasteiger charge is 2.31. The summed E-state index contributed by atoms with van der Waals surface area (Å²) in [6.45, 7) is 2.91. The summed E-state index contributed by atoms with van der Waals surface area (Å²) in [7, 11) is 3.08. The summed E-state index contributed by atoms with van der Waals surface area (Å²) in [5.41, 5.74) is 1.34. The average Bonchev–Trinajstić information content (AvgIpc) is 3.08. The quantitative estimate of drug-likeness (QED) is 0.747. The van der Waals surface area contributed by atoms with Crippen LogP contribution in [0, 0.1) is 0 Å². The molecule has 0 spiro atoms. The minimum absolute atomic E-state index is 0.0365. The Morgan fingerprint density at radius 2 is 1.83 bits per heavy atom. The first kappa shape index (κ1) is 20.3. The van der Waals surface area contributed by atoms with Gasteiger partial charge in [0.25, 0.3) is 0 Å². The van der Waals surface area contributed by atoms with Gasteiger partial charge in [-0.05, 0) is 43.3 Å². The second kappa shape index (κ2) is 9.18. The van der Waals surface area contributed by atoms with Crippen LogP contribution < -0.4 is 29.7 Å². The smallest absolute Gasteiger partial charge is 0.319 e. The maximum Gasteiger partial charge on any atom is 0.319 e. The molecular formula is C21H25N3O5. The van der Waals surface area contributed by atoms with Gasteiger partial charge in [-0.15, -0.1) is 0 Å². The van der Waals surface area contributed by atoms with E-state index in [0.717, 1.165) is 11.4 Å². The van der Waals surface area contributed by atoms with Crippen LogP contribution in [-0.4, -0.2) is 45.4 Å². The van der Waals surface area contributed by atoms with Gasteiger partial charge >= 0.3 is 6.03 Å². The average molecular weight is 399 g/mol. The van der Waals surface area contributed by atoms with E-state index in [2.05, 4.69) is 10.6 Å². The molecule has 2 N–H and O–H groups in total. The molecular weight excluding hydrogens is 374 g/mol. The molecule has 1 aliphatic rings. The van der Waals surface area contributed by atoms with Gasteiger partial charge in [0.1, 0.15) is 5.75 Å². The normalized spacial score (nSPS) is 15.8. The molecule has 3 amide bonds. The van der Waals surface area contributed by atoms with Crippen LogP contribution in [0.15, 0.2) is 42.5 Å². The third-order valence-electron chi connectivity index (χ3n) is 4.56. The molecule has 8 nitrogen and oxygen atoms in total. The van der Waals surface area contributed by atoms with Gasteiger partial charge in [0.2, 0.25) is 5.91 Å². The summed E-state index contributed by atoms with van der Waals surface area (Å²) >= 11 is 0. The number of carbonyl (C=O) groups is 2. The number of anilines is 2. The van der Waals surface area contributed by atoms with Crippen LogP contribution in [-0.2, 0) is 4.79 Å². The minimum atomic E-state index is -0.386. The van der Waals surface area contributed by atoms with Crippen molar-refractivity contribution in [3.63, 3.8) is 0 Å². The number of benzene rings is 2. The molecule has 0 saturated carbocycles. The number of nitrogens with one attached hydrogen (secondary N) is 2. The van der Waals surface area contributed by atoms with E-state index in [4.69, 9.17) is 14.2 Å². The van der Waals surface area contributed by atoms with Gasteiger partial charge in [-0.25, -0.2) is 4.79 Å². The van der Waals surface area contributed by atoms with Gasteiger partial charge in [-0.3, -0.25) is 4.79 Å². The SMILES string of the molecule is CCOc1ccc(N2CC(NC(=O)Nc3ccc(OC)c(OC)c3)CC2=O)cc1. The number of hydrogen-bond donors (Lipinski definition) is 2. The first-order valence-electron chi connectivity index (χ1n) is 9.36. The van der Waals surface area contributed by atoms with Gasteiger partial charge in [-0.2, -0.15) is 0 Å². The number of rotatable bonds is 7. The highest BCUT2D eigenvalue weighted by Crippen LogP contribution is 2.30. The largest absolute Gasteiger partial charge is 0.494 e. The van der Waals surface area contributed by atoms with Gasteiger partial charge < -0.3 is 29.7 Å². The van der Waals surface area contributed by atoms with Gasteiger partial charge in [0.15, 0.2) is 11.5 Å². The molecule has 2 aromatic carbocycles. The first-order chi connectivity index (χ1) is 14.0. The third-order valence-corrected chi connectivity index (χ3v) is 4.56. The Labute approximate surface area is 169 Å². The summed E-state index contributed by atoms with van der Waals surface area (Å²) in [5, 5.41) is 5.60. The predicted molar refractivity (Wildman–Crippen MR) is 110 cm³/mol. The molecule has 1 aliphatic heterocycles. The van der Waals surface area contributed by atoms with Gasteiger partial charge in [-0.1, -0.05) is 0 Å². The van der Waals surface area contributed by atoms with Crippen molar-refractivity contribution in [2.75, 3.05) is 37.6 Å². The predicted octanol–water partition coefficient (Wildman–Crippen LogP) is 3.03. The maximum absolute atomic E-state index is 12.4. The summed E-state index contributed by atoms with van der Waals surface area (Å²) in [5.74, 6) is 1.81. The minimum Gasteiger partial charge on any atom is -0.494 e. The third kappa shape index (κ3) is 4.90. The lowest BCUT2D eigenvalue weighted by Crippen LogP contribution is -2.39. The topological polar surface area (TPSA) is 89.1 Å². The van der Waals surface area contributed by atoms with Crippen LogP contribution in [0.2, 0.25) is 0 Å². The lowest BCUT2D eigenvalue weighted by Gasteiger charge is -2.18. The van der Waals surface area contributed by atoms with E-state index in [0.29, 0.717) is 30.3 Å². The standard InChI is InChI=1S/C21H25N3O5/c1-4-29-17-8-6-16(7-9-17)24-13-15(12-20(24)25)23-21(26)22-14-5-10-18(27-2)19(11-14)28-3/h5-11,15H,4,12-13H2,1-3H3,(H2,22,23,26). The second-order valence-electron chi connectivity index (χ2n) is 6.50. The fourth-order valence-corrected chi connectivity index (χ4v) is 3.21. The van der Waals surface area contributed by atoms with E-state index in [-0.39, 0.29) is 24.4 Å². The fourth-order valence-electron chi connectivity index (χ4n) is 3.21. The lowest BCUT2D eigenvalue weighted by molar-refractivity contribution is -0.117. The van der Waals surface area contributed by atoms with Crippen LogP contribution >= 0.6 is 0 Å². The van der Waals surface area contributed by atoms with Crippen LogP contribution in [0.1, 0.15) is 13.3 Å². The number of hydrogen-bond acceptors (Lipinski definition) is 5. The lowest BCUT2D eigenvalue weighted by atomic mass is 10.2. The van der Waals surface area contributed by atoms with Crippen LogP contribution in [0.25, 0.3) is 0 Å². The Kier molecular flexibility index (Phi) is 6.43. The van der Waals surface area contributed by atoms with Crippen LogP contribution in [0.3, 0.4) is 0 Å². The van der Waals surface area contributed by atoms with Crippen molar-refractivity contribution in [1.29, 1.82) is 0 Å². The number of carbonyl (C=O) groups excluding carboxylic acids is 2. The summed E-state index contributed by atoms with van der Waals surface area (Å²) in [6.07, 6.45) is 0.243. The number of urea groups is 1. The fraction of sp³-hybridized carbons (Fsp3) is 0.333. The Morgan fingerprint density at radius 1 is 1.10 bits per heavy atom. The highest BCUT2D eigenvalue weighted by atomic mass is 16.5. The van der Waals surface area contributed by atoms with E-state index in [1.54, 1.807) is 30.2 Å². The highest BCUT2D eigenvalue weighted by molar-refractivity contribution is 5.97. The Hall–Kier alpha value is -3.42. The monoisotopic (exact) mass is 399 g/mol. The molecule has 29 heavy (non-hydrogen) atoms. The zero-order valence-electron chi connectivity index (χ0n) is 16.7. The molecule has 0 aromatic heterocycles. The Balaban J connectivity index is 1.58. The van der Waals surface area contributed by atoms with Crippen molar-refractivity contribution in [2.24, 2.45) is 0 Å². The maximum atomic E-state index is 12.4. The van der Waals surface area contributed by atoms with Crippen molar-refractivity contribution in [3.8, 4) is 17.2 Å². The van der Waals surface area contributed by atoms with E-state index >= 15 is 0 Å². The molecule has 3 rings (SSSR count). The molecule has 0 radical (unpaired) electrons. The van der Waals surface area contributed by atoms with Crippen molar-refractivity contribution >= 4 is 23.3 Å². The zero-order valence-corrected chi connectivity index (χ0v) is 16.7. The van der Waals surface area contributed by atoms with E-state index < -0.39 is 0 Å². The number of ether oxygens (including phenoxy) is 3. The molecule has 1 fully saturated rings. The van der Waals surface area contributed by atoms with E-state index in [9.17, 15) is 9.59 Å². The van der Waals surface area contributed by atoms with Crippen LogP contribution in [0.4, 0.5) is 16.2 Å². The van der Waals surface area contributed by atoms with Crippen molar-refractivity contribution in [1.82, 2.24) is 5.32 Å². The molecule has 1 heterocycles.